The molecule has 7 nitrogen and oxygen atoms in total. The Hall–Kier alpha value is -0.970. The number of anilines is 1. The summed E-state index contributed by atoms with van der Waals surface area (Å²) in [4.78, 5) is 21.3. The quantitative estimate of drug-likeness (QED) is 0.395. The lowest BCUT2D eigenvalue weighted by Crippen LogP contribution is -2.55. The van der Waals surface area contributed by atoms with E-state index in [-0.39, 0.29) is 29.9 Å². The Balaban J connectivity index is 0.00000243. The fraction of sp³-hybridized carbons (Fsp3) is 0.706. The number of thioether (sulfide) groups is 1. The van der Waals surface area contributed by atoms with E-state index in [2.05, 4.69) is 22.2 Å². The van der Waals surface area contributed by atoms with E-state index in [4.69, 9.17) is 4.99 Å². The molecule has 1 aromatic rings. The van der Waals surface area contributed by atoms with Crippen LogP contribution >= 0.6 is 35.7 Å². The second kappa shape index (κ2) is 10.4. The van der Waals surface area contributed by atoms with Gasteiger partial charge in [-0.3, -0.25) is 14.5 Å². The molecule has 0 atom stereocenters. The number of aryl methyl sites for hydroxylation is 1. The van der Waals surface area contributed by atoms with Crippen molar-refractivity contribution in [2.45, 2.75) is 19.8 Å². The number of hydrogen-bond acceptors (Lipinski definition) is 4. The zero-order valence-corrected chi connectivity index (χ0v) is 18.7. The van der Waals surface area contributed by atoms with E-state index in [0.29, 0.717) is 19.0 Å². The van der Waals surface area contributed by atoms with Gasteiger partial charge < -0.3 is 15.1 Å². The molecule has 2 aliphatic heterocycles. The molecular weight excluding hydrogens is 463 g/mol. The van der Waals surface area contributed by atoms with Crippen LogP contribution in [-0.4, -0.2) is 70.8 Å². The smallest absolute Gasteiger partial charge is 0.246 e. The van der Waals surface area contributed by atoms with Gasteiger partial charge in [-0.15, -0.1) is 24.0 Å². The first-order valence-corrected chi connectivity index (χ1v) is 10.2. The standard InChI is InChI=1S/C17H28N6OS.HI/c1-3-18-17(19-10-14-4-8-25-9-5-14)22-6-7-23(16(24)13-22)15-11-20-21(2)12-15;/h11-12,14H,3-10,13H2,1-2H3,(H,18,19);1H. The molecule has 1 N–H and O–H groups in total. The number of hydrogen-bond donors (Lipinski definition) is 1. The van der Waals surface area contributed by atoms with E-state index in [1.807, 2.05) is 29.9 Å². The van der Waals surface area contributed by atoms with Gasteiger partial charge in [0.05, 0.1) is 11.9 Å². The average Bonchev–Trinajstić information content (AvgIpc) is 3.05. The highest BCUT2D eigenvalue weighted by Crippen LogP contribution is 2.23. The average molecular weight is 492 g/mol. The minimum Gasteiger partial charge on any atom is -0.357 e. The van der Waals surface area contributed by atoms with Crippen molar-refractivity contribution in [2.24, 2.45) is 18.0 Å². The number of nitrogens with zero attached hydrogens (tertiary/aromatic N) is 5. The summed E-state index contributed by atoms with van der Waals surface area (Å²) < 4.78 is 1.73. The van der Waals surface area contributed by atoms with Crippen molar-refractivity contribution in [1.82, 2.24) is 20.0 Å². The summed E-state index contributed by atoms with van der Waals surface area (Å²) in [5, 5.41) is 7.52. The van der Waals surface area contributed by atoms with Crippen LogP contribution in [-0.2, 0) is 11.8 Å². The molecule has 0 unspecified atom stereocenters. The maximum atomic E-state index is 12.6. The molecular formula is C17H29IN6OS. The number of amides is 1. The molecule has 0 aliphatic carbocycles. The monoisotopic (exact) mass is 492 g/mol. The summed E-state index contributed by atoms with van der Waals surface area (Å²) >= 11 is 2.04. The molecule has 1 amide bonds. The number of rotatable bonds is 4. The lowest BCUT2D eigenvalue weighted by Gasteiger charge is -2.35. The topological polar surface area (TPSA) is 65.8 Å². The molecule has 2 saturated heterocycles. The summed E-state index contributed by atoms with van der Waals surface area (Å²) in [6.45, 7) is 5.56. The first-order valence-electron chi connectivity index (χ1n) is 9.07. The number of nitrogens with one attached hydrogen (secondary N) is 1. The van der Waals surface area contributed by atoms with Gasteiger partial charge in [0.2, 0.25) is 5.91 Å². The minimum absolute atomic E-state index is 0. The molecule has 9 heteroatoms. The van der Waals surface area contributed by atoms with Crippen molar-refractivity contribution in [2.75, 3.05) is 49.1 Å². The van der Waals surface area contributed by atoms with Crippen molar-refractivity contribution >= 4 is 53.3 Å². The largest absolute Gasteiger partial charge is 0.357 e. The van der Waals surface area contributed by atoms with Gasteiger partial charge in [0.15, 0.2) is 5.96 Å². The third-order valence-corrected chi connectivity index (χ3v) is 5.75. The number of aromatic nitrogens is 2. The molecule has 26 heavy (non-hydrogen) atoms. The number of piperazine rings is 1. The van der Waals surface area contributed by atoms with E-state index in [1.165, 1.54) is 24.3 Å². The van der Waals surface area contributed by atoms with Crippen LogP contribution in [0, 0.1) is 5.92 Å². The Bertz CT molecular complexity index is 616. The number of carbonyl (C=O) groups is 1. The van der Waals surface area contributed by atoms with Crippen molar-refractivity contribution < 1.29 is 4.79 Å². The highest BCUT2D eigenvalue weighted by Gasteiger charge is 2.27. The molecule has 2 fully saturated rings. The minimum atomic E-state index is 0. The Morgan fingerprint density at radius 1 is 1.38 bits per heavy atom. The van der Waals surface area contributed by atoms with E-state index >= 15 is 0 Å². The highest BCUT2D eigenvalue weighted by molar-refractivity contribution is 14.0. The normalized spacial score (nSPS) is 19.5. The first-order chi connectivity index (χ1) is 12.2. The third kappa shape index (κ3) is 5.51. The number of carbonyl (C=O) groups excluding carboxylic acids is 1. The van der Waals surface area contributed by atoms with Gasteiger partial charge in [-0.25, -0.2) is 0 Å². The van der Waals surface area contributed by atoms with Crippen molar-refractivity contribution in [3.05, 3.63) is 12.4 Å². The molecule has 0 bridgehead atoms. The number of guanidine groups is 1. The van der Waals surface area contributed by atoms with Gasteiger partial charge in [0, 0.05) is 39.4 Å². The third-order valence-electron chi connectivity index (χ3n) is 4.70. The van der Waals surface area contributed by atoms with Gasteiger partial charge >= 0.3 is 0 Å². The van der Waals surface area contributed by atoms with Crippen LogP contribution in [0.25, 0.3) is 0 Å². The molecule has 0 radical (unpaired) electrons. The van der Waals surface area contributed by atoms with Gasteiger partial charge in [-0.05, 0) is 37.2 Å². The molecule has 0 saturated carbocycles. The lowest BCUT2D eigenvalue weighted by molar-refractivity contribution is -0.120. The number of aliphatic imine (C=N–C) groups is 1. The molecule has 0 aromatic carbocycles. The summed E-state index contributed by atoms with van der Waals surface area (Å²) in [5.74, 6) is 4.15. The van der Waals surface area contributed by atoms with Crippen LogP contribution in [0.4, 0.5) is 5.69 Å². The first kappa shape index (κ1) is 21.3. The van der Waals surface area contributed by atoms with Gasteiger partial charge in [0.1, 0.15) is 6.54 Å². The maximum absolute atomic E-state index is 12.6. The number of halogens is 1. The zero-order chi connectivity index (χ0) is 17.6. The van der Waals surface area contributed by atoms with Crippen LogP contribution in [0.2, 0.25) is 0 Å². The van der Waals surface area contributed by atoms with E-state index in [0.717, 1.165) is 31.3 Å². The van der Waals surface area contributed by atoms with Gasteiger partial charge in [0.25, 0.3) is 0 Å². The fourth-order valence-electron chi connectivity index (χ4n) is 3.25. The van der Waals surface area contributed by atoms with Crippen LogP contribution in [0.5, 0.6) is 0 Å². The Morgan fingerprint density at radius 2 is 2.15 bits per heavy atom. The van der Waals surface area contributed by atoms with Gasteiger partial charge in [-0.1, -0.05) is 0 Å². The van der Waals surface area contributed by atoms with Crippen LogP contribution < -0.4 is 10.2 Å². The highest BCUT2D eigenvalue weighted by atomic mass is 127. The maximum Gasteiger partial charge on any atom is 0.246 e. The molecule has 146 valence electrons. The van der Waals surface area contributed by atoms with Gasteiger partial charge in [-0.2, -0.15) is 16.9 Å². The zero-order valence-electron chi connectivity index (χ0n) is 15.6. The summed E-state index contributed by atoms with van der Waals surface area (Å²) in [5.41, 5.74) is 0.869. The summed E-state index contributed by atoms with van der Waals surface area (Å²) in [7, 11) is 1.87. The Kier molecular flexibility index (Phi) is 8.52. The molecule has 1 aromatic heterocycles. The van der Waals surface area contributed by atoms with Crippen LogP contribution in [0.1, 0.15) is 19.8 Å². The second-order valence-electron chi connectivity index (χ2n) is 6.59. The van der Waals surface area contributed by atoms with E-state index < -0.39 is 0 Å². The molecule has 2 aliphatic rings. The van der Waals surface area contributed by atoms with Crippen molar-refractivity contribution in [3.8, 4) is 0 Å². The van der Waals surface area contributed by atoms with E-state index in [1.54, 1.807) is 10.9 Å². The van der Waals surface area contributed by atoms with Crippen LogP contribution in [0.3, 0.4) is 0 Å². The molecule has 3 rings (SSSR count). The molecule has 0 spiro atoms. The molecule has 3 heterocycles. The van der Waals surface area contributed by atoms with Crippen molar-refractivity contribution in [1.29, 1.82) is 0 Å². The van der Waals surface area contributed by atoms with Crippen molar-refractivity contribution in [3.63, 3.8) is 0 Å². The lowest BCUT2D eigenvalue weighted by atomic mass is 10.0. The Labute approximate surface area is 177 Å². The summed E-state index contributed by atoms with van der Waals surface area (Å²) in [6, 6.07) is 0. The second-order valence-corrected chi connectivity index (χ2v) is 7.81. The van der Waals surface area contributed by atoms with E-state index in [9.17, 15) is 4.79 Å². The SMILES string of the molecule is CCNC(=NCC1CCSCC1)N1CCN(c2cnn(C)c2)C(=O)C1.I. The summed E-state index contributed by atoms with van der Waals surface area (Å²) in [6.07, 6.45) is 6.13. The Morgan fingerprint density at radius 3 is 2.77 bits per heavy atom. The predicted molar refractivity (Wildman–Crippen MR) is 119 cm³/mol. The van der Waals surface area contributed by atoms with Crippen LogP contribution in [0.15, 0.2) is 17.4 Å². The predicted octanol–water partition coefficient (Wildman–Crippen LogP) is 1.80. The fourth-order valence-corrected chi connectivity index (χ4v) is 4.45.